The van der Waals surface area contributed by atoms with Crippen molar-refractivity contribution >= 4 is 22.9 Å². The lowest BCUT2D eigenvalue weighted by Gasteiger charge is -2.14. The Morgan fingerprint density at radius 2 is 1.74 bits per heavy atom. The number of nitrogens with one attached hydrogen (secondary N) is 1. The van der Waals surface area contributed by atoms with Crippen LogP contribution in [0.15, 0.2) is 96.1 Å². The summed E-state index contributed by atoms with van der Waals surface area (Å²) in [5.41, 5.74) is 4.87. The molecule has 4 aromatic carbocycles. The molecule has 0 saturated carbocycles. The summed E-state index contributed by atoms with van der Waals surface area (Å²) < 4.78 is 11.9. The van der Waals surface area contributed by atoms with E-state index >= 15 is 0 Å². The van der Waals surface area contributed by atoms with E-state index in [4.69, 9.17) is 9.47 Å². The molecule has 174 valence electrons. The Bertz CT molecular complexity index is 1370. The van der Waals surface area contributed by atoms with Gasteiger partial charge in [0.1, 0.15) is 6.61 Å². The first kappa shape index (κ1) is 23.5. The van der Waals surface area contributed by atoms with Crippen molar-refractivity contribution in [2.24, 2.45) is 5.10 Å². The molecular weight excluding hydrogens is 438 g/mol. The zero-order valence-electron chi connectivity index (χ0n) is 19.3. The summed E-state index contributed by atoms with van der Waals surface area (Å²) in [7, 11) is 0. The van der Waals surface area contributed by atoms with Crippen molar-refractivity contribution < 1.29 is 14.3 Å². The molecular formula is C29H25N3O3. The summed E-state index contributed by atoms with van der Waals surface area (Å²) in [6, 6.07) is 30.7. The second kappa shape index (κ2) is 11.5. The summed E-state index contributed by atoms with van der Waals surface area (Å²) in [6.45, 7) is 2.78. The van der Waals surface area contributed by atoms with E-state index in [-0.39, 0.29) is 0 Å². The number of fused-ring (bicyclic) bond motifs is 1. The number of hydrazone groups is 1. The van der Waals surface area contributed by atoms with Gasteiger partial charge in [-0.15, -0.1) is 0 Å². The molecule has 1 amide bonds. The fourth-order valence-corrected chi connectivity index (χ4v) is 3.73. The van der Waals surface area contributed by atoms with Gasteiger partial charge < -0.3 is 9.47 Å². The van der Waals surface area contributed by atoms with Crippen LogP contribution in [-0.4, -0.2) is 18.7 Å². The first-order valence-electron chi connectivity index (χ1n) is 11.3. The first-order chi connectivity index (χ1) is 17.2. The van der Waals surface area contributed by atoms with E-state index in [2.05, 4.69) is 34.8 Å². The molecule has 0 unspecified atom stereocenters. The van der Waals surface area contributed by atoms with Gasteiger partial charge in [0.25, 0.3) is 5.91 Å². The standard InChI is InChI=1S/C29H25N3O3/c1-2-34-28-17-21(19-31-32-29(33)26(18-30)23-9-4-3-5-10-23)15-16-27(28)35-20-24-13-8-12-22-11-6-7-14-25(22)24/h3-17,19,26H,2,20H2,1H3,(H,32,33)/b31-19-/t26-/m1/s1. The molecule has 0 aliphatic carbocycles. The largest absolute Gasteiger partial charge is 0.490 e. The molecule has 0 saturated heterocycles. The summed E-state index contributed by atoms with van der Waals surface area (Å²) >= 11 is 0. The molecule has 0 bridgehead atoms. The van der Waals surface area contributed by atoms with Crippen molar-refractivity contribution in [3.8, 4) is 17.6 Å². The van der Waals surface area contributed by atoms with Crippen LogP contribution in [0.5, 0.6) is 11.5 Å². The molecule has 35 heavy (non-hydrogen) atoms. The number of carbonyl (C=O) groups is 1. The lowest BCUT2D eigenvalue weighted by atomic mass is 10.0. The molecule has 0 heterocycles. The molecule has 0 radical (unpaired) electrons. The number of rotatable bonds is 9. The van der Waals surface area contributed by atoms with Crippen molar-refractivity contribution in [3.05, 3.63) is 108 Å². The molecule has 6 heteroatoms. The fraction of sp³-hybridized carbons (Fsp3) is 0.138. The molecule has 0 aliphatic rings. The third kappa shape index (κ3) is 5.84. The van der Waals surface area contributed by atoms with Gasteiger partial charge >= 0.3 is 0 Å². The SMILES string of the molecule is CCOc1cc(/C=N\NC(=O)[C@H](C#N)c2ccccc2)ccc1OCc1cccc2ccccc12. The molecule has 0 fully saturated rings. The minimum atomic E-state index is -0.933. The van der Waals surface area contributed by atoms with Crippen LogP contribution in [-0.2, 0) is 11.4 Å². The summed E-state index contributed by atoms with van der Waals surface area (Å²) in [5.74, 6) is -0.219. The number of benzene rings is 4. The highest BCUT2D eigenvalue weighted by Crippen LogP contribution is 2.30. The van der Waals surface area contributed by atoms with Crippen LogP contribution in [0.2, 0.25) is 0 Å². The number of hydrogen-bond acceptors (Lipinski definition) is 5. The average molecular weight is 464 g/mol. The maximum Gasteiger partial charge on any atom is 0.261 e. The first-order valence-corrected chi connectivity index (χ1v) is 11.3. The molecule has 4 aromatic rings. The monoisotopic (exact) mass is 463 g/mol. The van der Waals surface area contributed by atoms with Crippen LogP contribution < -0.4 is 14.9 Å². The average Bonchev–Trinajstić information content (AvgIpc) is 2.89. The minimum absolute atomic E-state index is 0.403. The van der Waals surface area contributed by atoms with Gasteiger partial charge in [-0.2, -0.15) is 10.4 Å². The Kier molecular flexibility index (Phi) is 7.72. The smallest absolute Gasteiger partial charge is 0.261 e. The predicted octanol–water partition coefficient (Wildman–Crippen LogP) is 5.57. The van der Waals surface area contributed by atoms with Crippen LogP contribution in [0.4, 0.5) is 0 Å². The lowest BCUT2D eigenvalue weighted by Crippen LogP contribution is -2.24. The number of hydrogen-bond donors (Lipinski definition) is 1. The van der Waals surface area contributed by atoms with Crippen LogP contribution >= 0.6 is 0 Å². The molecule has 0 aromatic heterocycles. The molecule has 4 rings (SSSR count). The Morgan fingerprint density at radius 1 is 0.971 bits per heavy atom. The number of ether oxygens (including phenoxy) is 2. The van der Waals surface area contributed by atoms with E-state index in [0.717, 1.165) is 21.9 Å². The van der Waals surface area contributed by atoms with E-state index in [1.165, 1.54) is 6.21 Å². The van der Waals surface area contributed by atoms with E-state index < -0.39 is 11.8 Å². The maximum absolute atomic E-state index is 12.4. The van der Waals surface area contributed by atoms with E-state index in [1.54, 1.807) is 30.3 Å². The summed E-state index contributed by atoms with van der Waals surface area (Å²) in [4.78, 5) is 12.4. The van der Waals surface area contributed by atoms with Gasteiger partial charge in [0.05, 0.1) is 18.9 Å². The van der Waals surface area contributed by atoms with Crippen molar-refractivity contribution in [1.82, 2.24) is 5.43 Å². The number of amides is 1. The molecule has 6 nitrogen and oxygen atoms in total. The molecule has 0 spiro atoms. The van der Waals surface area contributed by atoms with Crippen molar-refractivity contribution in [3.63, 3.8) is 0 Å². The number of nitriles is 1. The Morgan fingerprint density at radius 3 is 2.54 bits per heavy atom. The second-order valence-corrected chi connectivity index (χ2v) is 7.77. The molecule has 1 N–H and O–H groups in total. The quantitative estimate of drug-likeness (QED) is 0.260. The Hall–Kier alpha value is -4.63. The third-order valence-electron chi connectivity index (χ3n) is 5.44. The highest BCUT2D eigenvalue weighted by atomic mass is 16.5. The zero-order valence-corrected chi connectivity index (χ0v) is 19.3. The van der Waals surface area contributed by atoms with Gasteiger partial charge in [0.2, 0.25) is 0 Å². The van der Waals surface area contributed by atoms with Crippen LogP contribution in [0.3, 0.4) is 0 Å². The van der Waals surface area contributed by atoms with E-state index in [1.807, 2.05) is 49.4 Å². The number of nitrogens with zero attached hydrogens (tertiary/aromatic N) is 2. The Balaban J connectivity index is 1.44. The van der Waals surface area contributed by atoms with Crippen molar-refractivity contribution in [2.75, 3.05) is 6.61 Å². The zero-order chi connectivity index (χ0) is 24.5. The van der Waals surface area contributed by atoms with Crippen molar-refractivity contribution in [1.29, 1.82) is 5.26 Å². The minimum Gasteiger partial charge on any atom is -0.490 e. The van der Waals surface area contributed by atoms with Crippen LogP contribution in [0.1, 0.15) is 29.5 Å². The van der Waals surface area contributed by atoms with Gasteiger partial charge in [-0.1, -0.05) is 72.8 Å². The molecule has 0 aliphatic heterocycles. The summed E-state index contributed by atoms with van der Waals surface area (Å²) in [6.07, 6.45) is 1.51. The summed E-state index contributed by atoms with van der Waals surface area (Å²) in [5, 5.41) is 15.7. The fourth-order valence-electron chi connectivity index (χ4n) is 3.73. The normalized spacial score (nSPS) is 11.7. The van der Waals surface area contributed by atoms with E-state index in [9.17, 15) is 10.1 Å². The topological polar surface area (TPSA) is 83.7 Å². The lowest BCUT2D eigenvalue weighted by molar-refractivity contribution is -0.121. The predicted molar refractivity (Wildman–Crippen MR) is 136 cm³/mol. The van der Waals surface area contributed by atoms with Crippen LogP contribution in [0, 0.1) is 11.3 Å². The van der Waals surface area contributed by atoms with E-state index in [0.29, 0.717) is 30.3 Å². The van der Waals surface area contributed by atoms with Gasteiger partial charge in [0, 0.05) is 0 Å². The highest BCUT2D eigenvalue weighted by molar-refractivity contribution is 5.88. The third-order valence-corrected chi connectivity index (χ3v) is 5.44. The van der Waals surface area contributed by atoms with Gasteiger partial charge in [0.15, 0.2) is 17.4 Å². The van der Waals surface area contributed by atoms with Crippen LogP contribution in [0.25, 0.3) is 10.8 Å². The van der Waals surface area contributed by atoms with Gasteiger partial charge in [-0.3, -0.25) is 4.79 Å². The van der Waals surface area contributed by atoms with Gasteiger partial charge in [-0.25, -0.2) is 5.43 Å². The second-order valence-electron chi connectivity index (χ2n) is 7.77. The van der Waals surface area contributed by atoms with Crippen molar-refractivity contribution in [2.45, 2.75) is 19.4 Å². The highest BCUT2D eigenvalue weighted by Gasteiger charge is 2.19. The van der Waals surface area contributed by atoms with Gasteiger partial charge in [-0.05, 0) is 52.6 Å². The number of carbonyl (C=O) groups excluding carboxylic acids is 1. The maximum atomic E-state index is 12.4. The molecule has 1 atom stereocenters. The Labute approximate surface area is 204 Å².